The zero-order valence-electron chi connectivity index (χ0n) is 24.4. The quantitative estimate of drug-likeness (QED) is 0.192. The number of carbonyl (C=O) groups is 3. The van der Waals surface area contributed by atoms with Gasteiger partial charge in [-0.1, -0.05) is 0 Å². The van der Waals surface area contributed by atoms with Crippen LogP contribution in [0.25, 0.3) is 0 Å². The molecule has 2 amide bonds. The van der Waals surface area contributed by atoms with E-state index in [-0.39, 0.29) is 24.0 Å². The predicted octanol–water partition coefficient (Wildman–Crippen LogP) is 6.24. The smallest absolute Gasteiger partial charge is 0.257 e. The molecule has 0 bridgehead atoms. The van der Waals surface area contributed by atoms with Gasteiger partial charge in [-0.3, -0.25) is 25.0 Å². The monoisotopic (exact) mass is 609 g/mol. The lowest BCUT2D eigenvalue weighted by molar-refractivity contribution is 0.101. The molecule has 4 rings (SSSR count). The Bertz CT molecular complexity index is 1430. The number of thiazole rings is 2. The summed E-state index contributed by atoms with van der Waals surface area (Å²) in [4.78, 5) is 45.5. The van der Waals surface area contributed by atoms with Crippen LogP contribution in [0.15, 0.2) is 59.6 Å². The third-order valence-electron chi connectivity index (χ3n) is 5.10. The first-order valence-electron chi connectivity index (χ1n) is 13.2. The van der Waals surface area contributed by atoms with Crippen LogP contribution in [0.3, 0.4) is 0 Å². The summed E-state index contributed by atoms with van der Waals surface area (Å²) >= 11 is 2.72. The lowest BCUT2D eigenvalue weighted by Crippen LogP contribution is -2.15. The second-order valence-corrected chi connectivity index (χ2v) is 11.7. The van der Waals surface area contributed by atoms with Crippen molar-refractivity contribution in [2.75, 3.05) is 24.7 Å². The van der Waals surface area contributed by atoms with Gasteiger partial charge in [-0.2, -0.15) is 0 Å². The summed E-state index contributed by atoms with van der Waals surface area (Å²) in [7, 11) is 3.98. The maximum atomic E-state index is 12.4. The molecule has 0 saturated heterocycles. The first-order chi connectivity index (χ1) is 20.0. The molecule has 0 saturated carbocycles. The standard InChI is InChI=1S/C16H21N3O2S.C14H14N2O3S/c1-11(2)21-14-8-12(10-19(3)4)7-13(9-14)15(20)18-16-17-5-6-22-16;1-9(2)19-12-6-10(8-17)5-11(7-12)13(18)16-14-15-3-4-20-14/h5-9,11H,10H2,1-4H3,(H,17,18,20);3-9H,1-2H3,(H,15,16,18). The number of rotatable bonds is 11. The SMILES string of the molecule is CC(C)Oc1cc(C=O)cc(C(=O)Nc2nccs2)c1.CC(C)Oc1cc(CN(C)C)cc(C(=O)Nc2nccs2)c1. The number of amides is 2. The Balaban J connectivity index is 0.000000231. The third-order valence-corrected chi connectivity index (χ3v) is 6.48. The van der Waals surface area contributed by atoms with Crippen LogP contribution in [0.5, 0.6) is 11.5 Å². The number of nitrogens with one attached hydrogen (secondary N) is 2. The van der Waals surface area contributed by atoms with E-state index in [9.17, 15) is 14.4 Å². The Labute approximate surface area is 253 Å². The van der Waals surface area contributed by atoms with E-state index in [0.717, 1.165) is 12.1 Å². The minimum Gasteiger partial charge on any atom is -0.491 e. The number of aldehydes is 1. The molecule has 2 aromatic heterocycles. The van der Waals surface area contributed by atoms with Crippen molar-refractivity contribution in [1.82, 2.24) is 14.9 Å². The second-order valence-electron chi connectivity index (χ2n) is 9.93. The number of aromatic nitrogens is 2. The Hall–Kier alpha value is -4.13. The highest BCUT2D eigenvalue weighted by atomic mass is 32.1. The molecule has 0 spiro atoms. The van der Waals surface area contributed by atoms with Crippen LogP contribution in [-0.4, -0.2) is 59.3 Å². The van der Waals surface area contributed by atoms with E-state index in [2.05, 4.69) is 25.5 Å². The Morgan fingerprint density at radius 1 is 0.810 bits per heavy atom. The lowest BCUT2D eigenvalue weighted by atomic mass is 10.1. The van der Waals surface area contributed by atoms with Gasteiger partial charge in [0, 0.05) is 46.4 Å². The summed E-state index contributed by atoms with van der Waals surface area (Å²) in [6.45, 7) is 8.43. The zero-order chi connectivity index (χ0) is 30.6. The topological polar surface area (TPSA) is 123 Å². The third kappa shape index (κ3) is 10.7. The van der Waals surface area contributed by atoms with Gasteiger partial charge in [0.15, 0.2) is 10.3 Å². The van der Waals surface area contributed by atoms with Crippen molar-refractivity contribution >= 4 is 51.0 Å². The molecule has 0 fully saturated rings. The number of nitrogens with zero attached hydrogens (tertiary/aromatic N) is 3. The van der Waals surface area contributed by atoms with Gasteiger partial charge in [-0.05, 0) is 83.8 Å². The highest BCUT2D eigenvalue weighted by Gasteiger charge is 2.13. The molecule has 2 aromatic carbocycles. The summed E-state index contributed by atoms with van der Waals surface area (Å²) in [5, 5.41) is 10.2. The summed E-state index contributed by atoms with van der Waals surface area (Å²) in [5.41, 5.74) is 2.37. The number of hydrogen-bond acceptors (Lipinski definition) is 10. The molecule has 2 N–H and O–H groups in total. The van der Waals surface area contributed by atoms with Gasteiger partial charge in [0.2, 0.25) is 0 Å². The molecule has 0 unspecified atom stereocenters. The average Bonchev–Trinajstić information content (AvgIpc) is 3.62. The van der Waals surface area contributed by atoms with Gasteiger partial charge >= 0.3 is 0 Å². The van der Waals surface area contributed by atoms with Crippen molar-refractivity contribution in [2.45, 2.75) is 46.4 Å². The first-order valence-corrected chi connectivity index (χ1v) is 14.9. The van der Waals surface area contributed by atoms with Crippen LogP contribution in [-0.2, 0) is 6.54 Å². The molecule has 0 aliphatic heterocycles. The molecule has 0 radical (unpaired) electrons. The van der Waals surface area contributed by atoms with Crippen molar-refractivity contribution in [3.05, 3.63) is 81.8 Å². The molecule has 4 aromatic rings. The minimum atomic E-state index is -0.322. The molecule has 12 heteroatoms. The van der Waals surface area contributed by atoms with E-state index in [1.807, 2.05) is 59.3 Å². The average molecular weight is 610 g/mol. The second kappa shape index (κ2) is 15.8. The van der Waals surface area contributed by atoms with E-state index in [1.54, 1.807) is 36.0 Å². The molecule has 0 aliphatic rings. The maximum absolute atomic E-state index is 12.4. The van der Waals surface area contributed by atoms with Crippen molar-refractivity contribution < 1.29 is 23.9 Å². The maximum Gasteiger partial charge on any atom is 0.257 e. The minimum absolute atomic E-state index is 0.0354. The van der Waals surface area contributed by atoms with Gasteiger partial charge in [0.25, 0.3) is 11.8 Å². The van der Waals surface area contributed by atoms with Crippen LogP contribution in [0.1, 0.15) is 64.3 Å². The fourth-order valence-corrected chi connectivity index (χ4v) is 4.71. The first kappa shape index (κ1) is 32.4. The van der Waals surface area contributed by atoms with Gasteiger partial charge in [-0.25, -0.2) is 9.97 Å². The molecule has 42 heavy (non-hydrogen) atoms. The Morgan fingerprint density at radius 2 is 1.31 bits per heavy atom. The molecule has 0 atom stereocenters. The molecular weight excluding hydrogens is 574 g/mol. The largest absolute Gasteiger partial charge is 0.491 e. The van der Waals surface area contributed by atoms with Crippen LogP contribution >= 0.6 is 22.7 Å². The van der Waals surface area contributed by atoms with E-state index >= 15 is 0 Å². The Kier molecular flexibility index (Phi) is 12.1. The zero-order valence-corrected chi connectivity index (χ0v) is 26.0. The van der Waals surface area contributed by atoms with Gasteiger partial charge in [-0.15, -0.1) is 22.7 Å². The van der Waals surface area contributed by atoms with Crippen LogP contribution in [0, 0.1) is 0 Å². The van der Waals surface area contributed by atoms with E-state index in [1.165, 1.54) is 28.7 Å². The van der Waals surface area contributed by atoms with Crippen LogP contribution < -0.4 is 20.1 Å². The van der Waals surface area contributed by atoms with Crippen molar-refractivity contribution in [3.63, 3.8) is 0 Å². The fraction of sp³-hybridized carbons (Fsp3) is 0.300. The summed E-state index contributed by atoms with van der Waals surface area (Å²) in [6.07, 6.45) is 3.98. The predicted molar refractivity (Wildman–Crippen MR) is 167 cm³/mol. The van der Waals surface area contributed by atoms with Crippen LogP contribution in [0.4, 0.5) is 10.3 Å². The van der Waals surface area contributed by atoms with Gasteiger partial charge in [0.05, 0.1) is 12.2 Å². The molecule has 222 valence electrons. The van der Waals surface area contributed by atoms with Gasteiger partial charge < -0.3 is 14.4 Å². The molecule has 2 heterocycles. The lowest BCUT2D eigenvalue weighted by Gasteiger charge is -2.15. The van der Waals surface area contributed by atoms with E-state index in [0.29, 0.717) is 44.7 Å². The summed E-state index contributed by atoms with van der Waals surface area (Å²) in [6, 6.07) is 10.4. The van der Waals surface area contributed by atoms with E-state index < -0.39 is 0 Å². The number of ether oxygens (including phenoxy) is 2. The van der Waals surface area contributed by atoms with Gasteiger partial charge in [0.1, 0.15) is 17.8 Å². The molecule has 0 aliphatic carbocycles. The number of benzene rings is 2. The number of hydrogen-bond donors (Lipinski definition) is 2. The highest BCUT2D eigenvalue weighted by molar-refractivity contribution is 7.14. The molecular formula is C30H35N5O5S2. The Morgan fingerprint density at radius 3 is 1.74 bits per heavy atom. The number of anilines is 2. The number of carbonyl (C=O) groups excluding carboxylic acids is 3. The molecule has 10 nitrogen and oxygen atoms in total. The van der Waals surface area contributed by atoms with Crippen molar-refractivity contribution in [3.8, 4) is 11.5 Å². The van der Waals surface area contributed by atoms with Crippen molar-refractivity contribution in [1.29, 1.82) is 0 Å². The van der Waals surface area contributed by atoms with Crippen molar-refractivity contribution in [2.24, 2.45) is 0 Å². The van der Waals surface area contributed by atoms with E-state index in [4.69, 9.17) is 9.47 Å². The normalized spacial score (nSPS) is 10.7. The summed E-state index contributed by atoms with van der Waals surface area (Å²) < 4.78 is 11.3. The highest BCUT2D eigenvalue weighted by Crippen LogP contribution is 2.22. The fourth-order valence-electron chi connectivity index (χ4n) is 3.66. The van der Waals surface area contributed by atoms with Crippen LogP contribution in [0.2, 0.25) is 0 Å². The summed E-state index contributed by atoms with van der Waals surface area (Å²) in [5.74, 6) is 0.703.